The number of pyridine rings is 1. The number of hydrogen-bond donors (Lipinski definition) is 1. The molecule has 3 rings (SSSR count). The highest BCUT2D eigenvalue weighted by Crippen LogP contribution is 2.29. The van der Waals surface area contributed by atoms with E-state index in [0.29, 0.717) is 6.42 Å². The van der Waals surface area contributed by atoms with Crippen molar-refractivity contribution < 1.29 is 9.90 Å². The van der Waals surface area contributed by atoms with Gasteiger partial charge < -0.3 is 9.51 Å². The molecule has 0 aliphatic heterocycles. The fraction of sp³-hybridized carbons (Fsp3) is 0.300. The number of imidazole rings is 1. The summed E-state index contributed by atoms with van der Waals surface area (Å²) in [4.78, 5) is 15.7. The van der Waals surface area contributed by atoms with E-state index in [0.717, 1.165) is 22.6 Å². The van der Waals surface area contributed by atoms with Gasteiger partial charge in [0, 0.05) is 18.2 Å². The Morgan fingerprint density at radius 1 is 1.12 bits per heavy atom. The lowest BCUT2D eigenvalue weighted by Gasteiger charge is -2.19. The van der Waals surface area contributed by atoms with Gasteiger partial charge in [-0.15, -0.1) is 0 Å². The Bertz CT molecular complexity index is 871. The molecule has 0 bridgehead atoms. The fourth-order valence-corrected chi connectivity index (χ4v) is 2.87. The summed E-state index contributed by atoms with van der Waals surface area (Å²) in [7, 11) is 0. The number of aryl methyl sites for hydroxylation is 1. The summed E-state index contributed by atoms with van der Waals surface area (Å²) >= 11 is 0. The van der Waals surface area contributed by atoms with Crippen LogP contribution in [-0.2, 0) is 16.6 Å². The lowest BCUT2D eigenvalue weighted by atomic mass is 9.86. The van der Waals surface area contributed by atoms with E-state index in [1.165, 1.54) is 5.56 Å². The molecule has 0 aliphatic carbocycles. The zero-order valence-electron chi connectivity index (χ0n) is 14.3. The third kappa shape index (κ3) is 3.18. The van der Waals surface area contributed by atoms with Crippen molar-refractivity contribution in [3.63, 3.8) is 0 Å². The van der Waals surface area contributed by atoms with Gasteiger partial charge >= 0.3 is 5.97 Å². The Labute approximate surface area is 141 Å². The molecule has 2 aromatic heterocycles. The number of hydrogen-bond acceptors (Lipinski definition) is 2. The summed E-state index contributed by atoms with van der Waals surface area (Å²) in [6.45, 7) is 6.56. The molecule has 2 heterocycles. The van der Waals surface area contributed by atoms with Gasteiger partial charge in [-0.1, -0.05) is 51.1 Å². The van der Waals surface area contributed by atoms with Gasteiger partial charge in [-0.3, -0.25) is 4.79 Å². The number of aliphatic carboxylic acids is 1. The van der Waals surface area contributed by atoms with Crippen molar-refractivity contribution in [2.75, 3.05) is 0 Å². The molecule has 0 unspecified atom stereocenters. The van der Waals surface area contributed by atoms with Crippen LogP contribution in [0.1, 0.15) is 38.4 Å². The molecule has 0 aliphatic rings. The van der Waals surface area contributed by atoms with E-state index in [-0.39, 0.29) is 11.8 Å². The maximum Gasteiger partial charge on any atom is 0.303 e. The molecule has 4 nitrogen and oxygen atoms in total. The number of aromatic nitrogens is 2. The van der Waals surface area contributed by atoms with Gasteiger partial charge in [0.15, 0.2) is 0 Å². The van der Waals surface area contributed by atoms with Crippen molar-refractivity contribution in [3.8, 4) is 11.3 Å². The van der Waals surface area contributed by atoms with Crippen molar-refractivity contribution in [3.05, 3.63) is 59.9 Å². The monoisotopic (exact) mass is 322 g/mol. The highest BCUT2D eigenvalue weighted by molar-refractivity contribution is 5.70. The molecular formula is C20H22N2O2. The largest absolute Gasteiger partial charge is 0.481 e. The predicted octanol–water partition coefficient (Wildman–Crippen LogP) is 4.32. The fourth-order valence-electron chi connectivity index (χ4n) is 2.87. The van der Waals surface area contributed by atoms with Crippen LogP contribution >= 0.6 is 0 Å². The second kappa shape index (κ2) is 6.11. The van der Waals surface area contributed by atoms with Gasteiger partial charge in [-0.05, 0) is 23.1 Å². The number of rotatable bonds is 4. The van der Waals surface area contributed by atoms with E-state index >= 15 is 0 Å². The second-order valence-electron chi connectivity index (χ2n) is 7.06. The quantitative estimate of drug-likeness (QED) is 0.778. The Balaban J connectivity index is 2.07. The molecule has 3 aromatic rings. The van der Waals surface area contributed by atoms with Crippen LogP contribution < -0.4 is 0 Å². The summed E-state index contributed by atoms with van der Waals surface area (Å²) < 4.78 is 1.98. The maximum absolute atomic E-state index is 11.0. The summed E-state index contributed by atoms with van der Waals surface area (Å²) in [5.41, 5.74) is 5.03. The van der Waals surface area contributed by atoms with Crippen molar-refractivity contribution in [2.45, 2.75) is 39.0 Å². The minimum atomic E-state index is -0.796. The van der Waals surface area contributed by atoms with Gasteiger partial charge in [0.1, 0.15) is 5.65 Å². The molecule has 124 valence electrons. The highest BCUT2D eigenvalue weighted by atomic mass is 16.4. The van der Waals surface area contributed by atoms with Gasteiger partial charge in [0.05, 0.1) is 17.8 Å². The van der Waals surface area contributed by atoms with E-state index in [9.17, 15) is 4.79 Å². The average molecular weight is 322 g/mol. The number of benzene rings is 1. The number of carboxylic acids is 1. The molecule has 0 saturated heterocycles. The second-order valence-corrected chi connectivity index (χ2v) is 7.06. The van der Waals surface area contributed by atoms with E-state index in [1.54, 1.807) is 0 Å². The molecule has 0 saturated carbocycles. The molecule has 24 heavy (non-hydrogen) atoms. The zero-order valence-corrected chi connectivity index (χ0v) is 14.3. The molecule has 0 fully saturated rings. The standard InChI is InChI=1S/C20H22N2O2/c1-20(2,3)15-9-7-14(8-10-15)19-16(11-12-18(23)24)22-13-5-4-6-17(22)21-19/h4-10,13H,11-12H2,1-3H3,(H,23,24). The van der Waals surface area contributed by atoms with Crippen LogP contribution in [0.15, 0.2) is 48.7 Å². The maximum atomic E-state index is 11.0. The first-order valence-corrected chi connectivity index (χ1v) is 8.15. The van der Waals surface area contributed by atoms with Crippen LogP contribution in [0.5, 0.6) is 0 Å². The summed E-state index contributed by atoms with van der Waals surface area (Å²) in [6.07, 6.45) is 2.49. The number of carboxylic acid groups (broad SMARTS) is 1. The summed E-state index contributed by atoms with van der Waals surface area (Å²) in [6, 6.07) is 14.2. The molecule has 0 spiro atoms. The van der Waals surface area contributed by atoms with Crippen LogP contribution in [-0.4, -0.2) is 20.5 Å². The van der Waals surface area contributed by atoms with Crippen molar-refractivity contribution in [1.29, 1.82) is 0 Å². The molecule has 0 amide bonds. The molecule has 0 atom stereocenters. The van der Waals surface area contributed by atoms with E-state index < -0.39 is 5.97 Å². The lowest BCUT2D eigenvalue weighted by Crippen LogP contribution is -2.10. The Morgan fingerprint density at radius 3 is 2.46 bits per heavy atom. The van der Waals surface area contributed by atoms with Crippen LogP contribution in [0.2, 0.25) is 0 Å². The van der Waals surface area contributed by atoms with Crippen LogP contribution in [0.25, 0.3) is 16.9 Å². The zero-order chi connectivity index (χ0) is 17.3. The van der Waals surface area contributed by atoms with Gasteiger partial charge in [-0.25, -0.2) is 4.98 Å². The van der Waals surface area contributed by atoms with Crippen molar-refractivity contribution >= 4 is 11.6 Å². The molecular weight excluding hydrogens is 300 g/mol. The van der Waals surface area contributed by atoms with Gasteiger partial charge in [0.25, 0.3) is 0 Å². The molecule has 0 radical (unpaired) electrons. The lowest BCUT2D eigenvalue weighted by molar-refractivity contribution is -0.136. The third-order valence-electron chi connectivity index (χ3n) is 4.23. The van der Waals surface area contributed by atoms with E-state index in [4.69, 9.17) is 10.1 Å². The minimum Gasteiger partial charge on any atom is -0.481 e. The third-order valence-corrected chi connectivity index (χ3v) is 4.23. The summed E-state index contributed by atoms with van der Waals surface area (Å²) in [5, 5.41) is 9.04. The van der Waals surface area contributed by atoms with Crippen LogP contribution in [0.4, 0.5) is 0 Å². The van der Waals surface area contributed by atoms with Crippen molar-refractivity contribution in [1.82, 2.24) is 9.38 Å². The Kier molecular flexibility index (Phi) is 4.14. The first-order valence-electron chi connectivity index (χ1n) is 8.15. The Morgan fingerprint density at radius 2 is 1.83 bits per heavy atom. The van der Waals surface area contributed by atoms with Crippen LogP contribution in [0, 0.1) is 0 Å². The number of nitrogens with zero attached hydrogens (tertiary/aromatic N) is 2. The Hall–Kier alpha value is -2.62. The molecule has 1 N–H and O–H groups in total. The van der Waals surface area contributed by atoms with Gasteiger partial charge in [0.2, 0.25) is 0 Å². The average Bonchev–Trinajstić information content (AvgIpc) is 2.91. The smallest absolute Gasteiger partial charge is 0.303 e. The van der Waals surface area contributed by atoms with Gasteiger partial charge in [-0.2, -0.15) is 0 Å². The normalized spacial score (nSPS) is 11.8. The highest BCUT2D eigenvalue weighted by Gasteiger charge is 2.17. The number of fused-ring (bicyclic) bond motifs is 1. The predicted molar refractivity (Wildman–Crippen MR) is 95.3 cm³/mol. The SMILES string of the molecule is CC(C)(C)c1ccc(-c2nc3ccccn3c2CCC(=O)O)cc1. The first kappa shape index (κ1) is 16.2. The minimum absolute atomic E-state index is 0.0930. The summed E-state index contributed by atoms with van der Waals surface area (Å²) in [5.74, 6) is -0.796. The van der Waals surface area contributed by atoms with E-state index in [1.807, 2.05) is 28.8 Å². The van der Waals surface area contributed by atoms with Crippen molar-refractivity contribution in [2.24, 2.45) is 0 Å². The van der Waals surface area contributed by atoms with Crippen LogP contribution in [0.3, 0.4) is 0 Å². The van der Waals surface area contributed by atoms with E-state index in [2.05, 4.69) is 45.0 Å². The number of carbonyl (C=O) groups is 1. The molecule has 1 aromatic carbocycles. The molecule has 4 heteroatoms. The topological polar surface area (TPSA) is 54.6 Å². The first-order chi connectivity index (χ1) is 11.4.